The first-order chi connectivity index (χ1) is 12.0. The van der Waals surface area contributed by atoms with Crippen LogP contribution >= 0.6 is 23.2 Å². The molecular weight excluding hydrogens is 363 g/mol. The normalized spacial score (nSPS) is 10.5. The van der Waals surface area contributed by atoms with Gasteiger partial charge in [-0.15, -0.1) is 0 Å². The minimum absolute atomic E-state index is 0.397. The Kier molecular flexibility index (Phi) is 6.86. The molecule has 0 aliphatic rings. The molecule has 2 amide bonds. The van der Waals surface area contributed by atoms with Crippen LogP contribution in [0.4, 0.5) is 0 Å². The topological polar surface area (TPSA) is 67.4 Å². The van der Waals surface area contributed by atoms with E-state index in [1.807, 2.05) is 6.92 Å². The van der Waals surface area contributed by atoms with Crippen LogP contribution in [0, 0.1) is 0 Å². The minimum atomic E-state index is -0.495. The van der Waals surface area contributed by atoms with E-state index in [1.54, 1.807) is 42.5 Å². The Morgan fingerprint density at radius 1 is 1.08 bits per heavy atom. The predicted octanol–water partition coefficient (Wildman–Crippen LogP) is 3.87. The molecule has 0 fully saturated rings. The lowest BCUT2D eigenvalue weighted by molar-refractivity contribution is -0.117. The lowest BCUT2D eigenvalue weighted by atomic mass is 10.2. The first-order valence-electron chi connectivity index (χ1n) is 7.46. The molecule has 2 aromatic carbocycles. The fourth-order valence-corrected chi connectivity index (χ4v) is 2.38. The molecule has 0 heterocycles. The van der Waals surface area contributed by atoms with E-state index in [1.165, 1.54) is 12.2 Å². The summed E-state index contributed by atoms with van der Waals surface area (Å²) in [6.07, 6.45) is 2.78. The van der Waals surface area contributed by atoms with Crippen molar-refractivity contribution in [2.75, 3.05) is 6.61 Å². The van der Waals surface area contributed by atoms with Crippen LogP contribution in [0.2, 0.25) is 10.0 Å². The monoisotopic (exact) mass is 378 g/mol. The molecule has 0 atom stereocenters. The lowest BCUT2D eigenvalue weighted by Crippen LogP contribution is -2.40. The molecule has 7 heteroatoms. The Hall–Kier alpha value is -2.50. The molecule has 0 aliphatic carbocycles. The standard InChI is InChI=1S/C18H16Cl2N2O3/c1-2-25-15-8-4-13(5-9-15)18(24)22-21-17(23)10-6-12-3-7-14(19)11-16(12)20/h3-11H,2H2,1H3,(H,21,23)(H,22,24)/b10-6+. The van der Waals surface area contributed by atoms with Crippen molar-refractivity contribution >= 4 is 41.1 Å². The van der Waals surface area contributed by atoms with Crippen molar-refractivity contribution in [2.45, 2.75) is 6.92 Å². The highest BCUT2D eigenvalue weighted by molar-refractivity contribution is 6.35. The maximum Gasteiger partial charge on any atom is 0.269 e. The van der Waals surface area contributed by atoms with Crippen LogP contribution in [-0.4, -0.2) is 18.4 Å². The van der Waals surface area contributed by atoms with Crippen molar-refractivity contribution in [1.82, 2.24) is 10.9 Å². The highest BCUT2D eigenvalue weighted by Gasteiger charge is 2.06. The van der Waals surface area contributed by atoms with Crippen LogP contribution in [0.1, 0.15) is 22.8 Å². The zero-order valence-corrected chi connectivity index (χ0v) is 14.9. The van der Waals surface area contributed by atoms with E-state index in [-0.39, 0.29) is 0 Å². The minimum Gasteiger partial charge on any atom is -0.494 e. The molecule has 0 aliphatic heterocycles. The second-order valence-corrected chi connectivity index (χ2v) is 5.74. The number of carbonyl (C=O) groups excluding carboxylic acids is 2. The van der Waals surface area contributed by atoms with Gasteiger partial charge >= 0.3 is 0 Å². The molecule has 130 valence electrons. The molecule has 2 aromatic rings. The SMILES string of the molecule is CCOc1ccc(C(=O)NNC(=O)/C=C/c2ccc(Cl)cc2Cl)cc1. The summed E-state index contributed by atoms with van der Waals surface area (Å²) >= 11 is 11.8. The first-order valence-corrected chi connectivity index (χ1v) is 8.21. The highest BCUT2D eigenvalue weighted by atomic mass is 35.5. The molecule has 5 nitrogen and oxygen atoms in total. The predicted molar refractivity (Wildman–Crippen MR) is 98.7 cm³/mol. The van der Waals surface area contributed by atoms with E-state index in [2.05, 4.69) is 10.9 Å². The third-order valence-corrected chi connectivity index (χ3v) is 3.67. The van der Waals surface area contributed by atoms with Crippen LogP contribution in [0.25, 0.3) is 6.08 Å². The Balaban J connectivity index is 1.88. The van der Waals surface area contributed by atoms with Gasteiger partial charge < -0.3 is 4.74 Å². The lowest BCUT2D eigenvalue weighted by Gasteiger charge is -2.07. The van der Waals surface area contributed by atoms with Gasteiger partial charge in [0.1, 0.15) is 5.75 Å². The van der Waals surface area contributed by atoms with Crippen molar-refractivity contribution < 1.29 is 14.3 Å². The molecule has 0 saturated carbocycles. The number of hydrogen-bond donors (Lipinski definition) is 2. The Morgan fingerprint density at radius 3 is 2.44 bits per heavy atom. The highest BCUT2D eigenvalue weighted by Crippen LogP contribution is 2.21. The Labute approximate surface area is 155 Å². The summed E-state index contributed by atoms with van der Waals surface area (Å²) in [5, 5.41) is 0.934. The first kappa shape index (κ1) is 18.8. The molecule has 0 aromatic heterocycles. The van der Waals surface area contributed by atoms with Gasteiger partial charge in [0.25, 0.3) is 11.8 Å². The van der Waals surface area contributed by atoms with Gasteiger partial charge in [-0.2, -0.15) is 0 Å². The fourth-order valence-electron chi connectivity index (χ4n) is 1.90. The number of nitrogens with one attached hydrogen (secondary N) is 2. The number of halogens is 2. The summed E-state index contributed by atoms with van der Waals surface area (Å²) in [5.41, 5.74) is 5.66. The molecule has 0 unspecified atom stereocenters. The number of carbonyl (C=O) groups is 2. The van der Waals surface area contributed by atoms with E-state index >= 15 is 0 Å². The van der Waals surface area contributed by atoms with Gasteiger partial charge in [-0.3, -0.25) is 20.4 Å². The Bertz CT molecular complexity index is 789. The summed E-state index contributed by atoms with van der Waals surface area (Å²) in [4.78, 5) is 23.7. The summed E-state index contributed by atoms with van der Waals surface area (Å²) in [6.45, 7) is 2.42. The zero-order chi connectivity index (χ0) is 18.2. The van der Waals surface area contributed by atoms with Gasteiger partial charge in [-0.05, 0) is 55.0 Å². The average Bonchev–Trinajstić information content (AvgIpc) is 2.60. The molecule has 25 heavy (non-hydrogen) atoms. The summed E-state index contributed by atoms with van der Waals surface area (Å²) < 4.78 is 5.30. The smallest absolute Gasteiger partial charge is 0.269 e. The van der Waals surface area contributed by atoms with Crippen LogP contribution in [0.3, 0.4) is 0 Å². The van der Waals surface area contributed by atoms with E-state index in [0.29, 0.717) is 33.5 Å². The van der Waals surface area contributed by atoms with E-state index in [4.69, 9.17) is 27.9 Å². The van der Waals surface area contributed by atoms with Crippen LogP contribution in [-0.2, 0) is 4.79 Å². The van der Waals surface area contributed by atoms with E-state index < -0.39 is 11.8 Å². The molecular formula is C18H16Cl2N2O3. The quantitative estimate of drug-likeness (QED) is 0.612. The summed E-state index contributed by atoms with van der Waals surface area (Å²) in [5.74, 6) is -0.259. The van der Waals surface area contributed by atoms with Gasteiger partial charge in [0.15, 0.2) is 0 Å². The van der Waals surface area contributed by atoms with Crippen molar-refractivity contribution in [3.8, 4) is 5.75 Å². The van der Waals surface area contributed by atoms with Crippen LogP contribution in [0.5, 0.6) is 5.75 Å². The van der Waals surface area contributed by atoms with E-state index in [0.717, 1.165) is 0 Å². The molecule has 2 N–H and O–H groups in total. The average molecular weight is 379 g/mol. The van der Waals surface area contributed by atoms with Crippen LogP contribution in [0.15, 0.2) is 48.5 Å². The Morgan fingerprint density at radius 2 is 1.80 bits per heavy atom. The van der Waals surface area contributed by atoms with Crippen molar-refractivity contribution in [2.24, 2.45) is 0 Å². The second kappa shape index (κ2) is 9.11. The van der Waals surface area contributed by atoms with E-state index in [9.17, 15) is 9.59 Å². The molecule has 0 radical (unpaired) electrons. The van der Waals surface area contributed by atoms with Gasteiger partial charge in [0.05, 0.1) is 6.61 Å². The summed E-state index contributed by atoms with van der Waals surface area (Å²) in [6, 6.07) is 11.5. The van der Waals surface area contributed by atoms with Gasteiger partial charge in [0.2, 0.25) is 0 Å². The molecule has 2 rings (SSSR count). The zero-order valence-electron chi connectivity index (χ0n) is 13.4. The van der Waals surface area contributed by atoms with Gasteiger partial charge in [-0.1, -0.05) is 29.3 Å². The molecule has 0 bridgehead atoms. The number of amides is 2. The maximum atomic E-state index is 12.0. The van der Waals surface area contributed by atoms with Gasteiger partial charge in [0, 0.05) is 21.7 Å². The summed E-state index contributed by atoms with van der Waals surface area (Å²) in [7, 11) is 0. The fraction of sp³-hybridized carbons (Fsp3) is 0.111. The third-order valence-electron chi connectivity index (χ3n) is 3.10. The number of ether oxygens (including phenoxy) is 1. The van der Waals surface area contributed by atoms with Crippen LogP contribution < -0.4 is 15.6 Å². The number of hydrogen-bond acceptors (Lipinski definition) is 3. The van der Waals surface area contributed by atoms with Crippen molar-refractivity contribution in [3.63, 3.8) is 0 Å². The van der Waals surface area contributed by atoms with Crippen molar-refractivity contribution in [3.05, 3.63) is 69.7 Å². The van der Waals surface area contributed by atoms with Gasteiger partial charge in [-0.25, -0.2) is 0 Å². The largest absolute Gasteiger partial charge is 0.494 e. The molecule has 0 spiro atoms. The number of hydrazine groups is 1. The van der Waals surface area contributed by atoms with Crippen molar-refractivity contribution in [1.29, 1.82) is 0 Å². The third kappa shape index (κ3) is 5.81. The number of rotatable bonds is 5. The maximum absolute atomic E-state index is 12.0. The second-order valence-electron chi connectivity index (χ2n) is 4.90. The molecule has 0 saturated heterocycles. The number of benzene rings is 2.